The zero-order valence-electron chi connectivity index (χ0n) is 10.4. The Kier molecular flexibility index (Phi) is 3.81. The summed E-state index contributed by atoms with van der Waals surface area (Å²) in [4.78, 5) is 13.5. The summed E-state index contributed by atoms with van der Waals surface area (Å²) in [5.41, 5.74) is 6.29. The Labute approximate surface area is 106 Å². The number of primary amides is 1. The number of amides is 1. The summed E-state index contributed by atoms with van der Waals surface area (Å²) >= 11 is 0. The summed E-state index contributed by atoms with van der Waals surface area (Å²) in [5, 5.41) is 3.23. The smallest absolute Gasteiger partial charge is 0.250 e. The highest BCUT2D eigenvalue weighted by molar-refractivity contribution is 5.98. The molecular weight excluding hydrogens is 233 g/mol. The van der Waals surface area contributed by atoms with Gasteiger partial charge in [0, 0.05) is 24.8 Å². The third-order valence-electron chi connectivity index (χ3n) is 3.39. The standard InChI is InChI=1S/C13H18FN3O/c1-16-10-3-2-6-17(8-10)12-5-4-9(14)7-11(12)13(15)18/h4-5,7,10,16H,2-3,6,8H2,1H3,(H2,15,18). The second-order valence-electron chi connectivity index (χ2n) is 4.60. The van der Waals surface area contributed by atoms with E-state index in [2.05, 4.69) is 10.2 Å². The Morgan fingerprint density at radius 2 is 2.33 bits per heavy atom. The van der Waals surface area contributed by atoms with Gasteiger partial charge in [-0.25, -0.2) is 4.39 Å². The van der Waals surface area contributed by atoms with Gasteiger partial charge < -0.3 is 16.0 Å². The lowest BCUT2D eigenvalue weighted by molar-refractivity contribution is 0.1000. The molecule has 98 valence electrons. The first-order valence-corrected chi connectivity index (χ1v) is 6.13. The maximum absolute atomic E-state index is 13.2. The van der Waals surface area contributed by atoms with Crippen LogP contribution in [0.2, 0.25) is 0 Å². The fourth-order valence-corrected chi connectivity index (χ4v) is 2.41. The van der Waals surface area contributed by atoms with Crippen LogP contribution in [-0.4, -0.2) is 32.1 Å². The molecule has 1 amide bonds. The van der Waals surface area contributed by atoms with E-state index in [9.17, 15) is 9.18 Å². The van der Waals surface area contributed by atoms with Gasteiger partial charge in [-0.2, -0.15) is 0 Å². The molecule has 0 bridgehead atoms. The monoisotopic (exact) mass is 251 g/mol. The Bertz CT molecular complexity index is 450. The van der Waals surface area contributed by atoms with Gasteiger partial charge in [0.25, 0.3) is 5.91 Å². The van der Waals surface area contributed by atoms with Gasteiger partial charge in [0.1, 0.15) is 5.82 Å². The SMILES string of the molecule is CNC1CCCN(c2ccc(F)cc2C(N)=O)C1. The van der Waals surface area contributed by atoms with Gasteiger partial charge >= 0.3 is 0 Å². The summed E-state index contributed by atoms with van der Waals surface area (Å²) in [6.07, 6.45) is 2.15. The number of piperidine rings is 1. The first-order valence-electron chi connectivity index (χ1n) is 6.13. The maximum atomic E-state index is 13.2. The van der Waals surface area contributed by atoms with Crippen molar-refractivity contribution in [2.24, 2.45) is 5.73 Å². The third kappa shape index (κ3) is 2.61. The van der Waals surface area contributed by atoms with E-state index >= 15 is 0 Å². The van der Waals surface area contributed by atoms with Crippen LogP contribution in [-0.2, 0) is 0 Å². The van der Waals surface area contributed by atoms with Crippen LogP contribution >= 0.6 is 0 Å². The van der Waals surface area contributed by atoms with Gasteiger partial charge in [0.2, 0.25) is 0 Å². The lowest BCUT2D eigenvalue weighted by Crippen LogP contribution is -2.45. The molecule has 1 aliphatic rings. The summed E-state index contributed by atoms with van der Waals surface area (Å²) in [6.45, 7) is 1.67. The number of nitrogens with one attached hydrogen (secondary N) is 1. The van der Waals surface area contributed by atoms with Crippen molar-refractivity contribution >= 4 is 11.6 Å². The van der Waals surface area contributed by atoms with Crippen LogP contribution < -0.4 is 16.0 Å². The molecule has 0 radical (unpaired) electrons. The van der Waals surface area contributed by atoms with Gasteiger partial charge in [0.05, 0.1) is 5.56 Å². The summed E-state index contributed by atoms with van der Waals surface area (Å²) < 4.78 is 13.2. The van der Waals surface area contributed by atoms with Crippen molar-refractivity contribution in [3.05, 3.63) is 29.6 Å². The minimum absolute atomic E-state index is 0.256. The maximum Gasteiger partial charge on any atom is 0.250 e. The van der Waals surface area contributed by atoms with E-state index < -0.39 is 11.7 Å². The molecule has 0 aliphatic carbocycles. The second kappa shape index (κ2) is 5.35. The first kappa shape index (κ1) is 12.8. The predicted molar refractivity (Wildman–Crippen MR) is 69.2 cm³/mol. The number of likely N-dealkylation sites (N-methyl/N-ethyl adjacent to an activating group) is 1. The molecule has 1 aromatic rings. The number of rotatable bonds is 3. The van der Waals surface area contributed by atoms with Crippen LogP contribution in [0.25, 0.3) is 0 Å². The van der Waals surface area contributed by atoms with Crippen molar-refractivity contribution in [1.29, 1.82) is 0 Å². The van der Waals surface area contributed by atoms with Gasteiger partial charge in [-0.1, -0.05) is 0 Å². The second-order valence-corrected chi connectivity index (χ2v) is 4.60. The van der Waals surface area contributed by atoms with Crippen molar-refractivity contribution in [2.75, 3.05) is 25.0 Å². The number of anilines is 1. The average Bonchev–Trinajstić information content (AvgIpc) is 2.38. The quantitative estimate of drug-likeness (QED) is 0.846. The number of nitrogens with zero attached hydrogens (tertiary/aromatic N) is 1. The predicted octanol–water partition coefficient (Wildman–Crippen LogP) is 1.11. The molecule has 1 aliphatic heterocycles. The van der Waals surface area contributed by atoms with Crippen molar-refractivity contribution in [3.63, 3.8) is 0 Å². The molecule has 1 fully saturated rings. The first-order chi connectivity index (χ1) is 8.61. The van der Waals surface area contributed by atoms with Crippen LogP contribution in [0.3, 0.4) is 0 Å². The summed E-state index contributed by atoms with van der Waals surface area (Å²) in [6, 6.07) is 4.60. The number of carbonyl (C=O) groups is 1. The number of hydrogen-bond acceptors (Lipinski definition) is 3. The van der Waals surface area contributed by atoms with Gasteiger partial charge in [-0.15, -0.1) is 0 Å². The highest BCUT2D eigenvalue weighted by Crippen LogP contribution is 2.24. The van der Waals surface area contributed by atoms with Crippen molar-refractivity contribution < 1.29 is 9.18 Å². The number of carbonyl (C=O) groups excluding carboxylic acids is 1. The third-order valence-corrected chi connectivity index (χ3v) is 3.39. The zero-order chi connectivity index (χ0) is 13.1. The number of halogens is 1. The molecule has 1 saturated heterocycles. The molecule has 0 saturated carbocycles. The zero-order valence-corrected chi connectivity index (χ0v) is 10.4. The lowest BCUT2D eigenvalue weighted by Gasteiger charge is -2.35. The normalized spacial score (nSPS) is 19.9. The van der Waals surface area contributed by atoms with Crippen molar-refractivity contribution in [2.45, 2.75) is 18.9 Å². The van der Waals surface area contributed by atoms with E-state index in [0.29, 0.717) is 6.04 Å². The van der Waals surface area contributed by atoms with Crippen molar-refractivity contribution in [1.82, 2.24) is 5.32 Å². The Morgan fingerprint density at radius 1 is 1.56 bits per heavy atom. The van der Waals surface area contributed by atoms with E-state index in [4.69, 9.17) is 5.73 Å². The van der Waals surface area contributed by atoms with Crippen LogP contribution in [0.1, 0.15) is 23.2 Å². The number of hydrogen-bond donors (Lipinski definition) is 2. The molecule has 1 atom stereocenters. The van der Waals surface area contributed by atoms with Gasteiger partial charge in [0.15, 0.2) is 0 Å². The van der Waals surface area contributed by atoms with E-state index in [-0.39, 0.29) is 5.56 Å². The van der Waals surface area contributed by atoms with Crippen LogP contribution in [0.5, 0.6) is 0 Å². The molecule has 2 rings (SSSR count). The molecule has 0 aromatic heterocycles. The lowest BCUT2D eigenvalue weighted by atomic mass is 10.0. The molecular formula is C13H18FN3O. The average molecular weight is 251 g/mol. The highest BCUT2D eigenvalue weighted by Gasteiger charge is 2.22. The van der Waals surface area contributed by atoms with Crippen LogP contribution in [0.4, 0.5) is 10.1 Å². The minimum Gasteiger partial charge on any atom is -0.369 e. The summed E-state index contributed by atoms with van der Waals surface area (Å²) in [5.74, 6) is -1.02. The molecule has 1 aromatic carbocycles. The molecule has 5 heteroatoms. The van der Waals surface area contributed by atoms with E-state index in [1.165, 1.54) is 12.1 Å². The highest BCUT2D eigenvalue weighted by atomic mass is 19.1. The number of benzene rings is 1. The Balaban J connectivity index is 2.29. The van der Waals surface area contributed by atoms with Gasteiger partial charge in [-0.05, 0) is 38.1 Å². The van der Waals surface area contributed by atoms with E-state index in [1.807, 2.05) is 7.05 Å². The van der Waals surface area contributed by atoms with Crippen LogP contribution in [0.15, 0.2) is 18.2 Å². The fourth-order valence-electron chi connectivity index (χ4n) is 2.41. The van der Waals surface area contributed by atoms with E-state index in [1.54, 1.807) is 6.07 Å². The topological polar surface area (TPSA) is 58.4 Å². The molecule has 0 spiro atoms. The molecule has 3 N–H and O–H groups in total. The van der Waals surface area contributed by atoms with E-state index in [0.717, 1.165) is 31.6 Å². The largest absolute Gasteiger partial charge is 0.369 e. The van der Waals surface area contributed by atoms with Gasteiger partial charge in [-0.3, -0.25) is 4.79 Å². The van der Waals surface area contributed by atoms with Crippen LogP contribution in [0, 0.1) is 5.82 Å². The number of nitrogens with two attached hydrogens (primary N) is 1. The molecule has 1 heterocycles. The Morgan fingerprint density at radius 3 is 3.00 bits per heavy atom. The Hall–Kier alpha value is -1.62. The fraction of sp³-hybridized carbons (Fsp3) is 0.462. The molecule has 18 heavy (non-hydrogen) atoms. The molecule has 1 unspecified atom stereocenters. The molecule has 4 nitrogen and oxygen atoms in total. The summed E-state index contributed by atoms with van der Waals surface area (Å²) in [7, 11) is 1.92. The van der Waals surface area contributed by atoms with Crippen molar-refractivity contribution in [3.8, 4) is 0 Å². The minimum atomic E-state index is -0.587.